The molecule has 0 radical (unpaired) electrons. The van der Waals surface area contributed by atoms with E-state index in [1.807, 2.05) is 39.0 Å². The highest BCUT2D eigenvalue weighted by molar-refractivity contribution is 9.10. The summed E-state index contributed by atoms with van der Waals surface area (Å²) in [7, 11) is 0. The van der Waals surface area contributed by atoms with Crippen LogP contribution in [0.25, 0.3) is 21.8 Å². The third kappa shape index (κ3) is 5.43. The smallest absolute Gasteiger partial charge is 0.427 e. The minimum atomic E-state index is -0.677. The van der Waals surface area contributed by atoms with Gasteiger partial charge in [-0.15, -0.1) is 5.06 Å². The van der Waals surface area contributed by atoms with Crippen LogP contribution in [0.4, 0.5) is 4.79 Å². The fourth-order valence-electron chi connectivity index (χ4n) is 4.17. The summed E-state index contributed by atoms with van der Waals surface area (Å²) >= 11 is 3.57. The second-order valence-electron chi connectivity index (χ2n) is 9.23. The molecule has 32 heavy (non-hydrogen) atoms. The largest absolute Gasteiger partial charge is 0.528 e. The highest BCUT2D eigenvalue weighted by Gasteiger charge is 2.25. The number of halogens is 1. The minimum Gasteiger partial charge on any atom is -0.427 e. The van der Waals surface area contributed by atoms with E-state index in [1.54, 1.807) is 5.06 Å². The van der Waals surface area contributed by atoms with Crippen molar-refractivity contribution >= 4 is 43.9 Å². The lowest BCUT2D eigenvalue weighted by Crippen LogP contribution is -2.49. The van der Waals surface area contributed by atoms with Crippen molar-refractivity contribution in [2.75, 3.05) is 32.7 Å². The predicted molar refractivity (Wildman–Crippen MR) is 128 cm³/mol. The number of ether oxygens (including phenoxy) is 1. The molecule has 0 saturated carbocycles. The maximum absolute atomic E-state index is 11.9. The van der Waals surface area contributed by atoms with E-state index in [2.05, 4.69) is 49.7 Å². The average molecular weight is 504 g/mol. The SMILES string of the molecule is CC(C)(C)OC(=O)ON1CCN(C[C@@H](O)Cn2c3ccccc3c3cc(Br)ccc32)CC1. The van der Waals surface area contributed by atoms with Crippen molar-refractivity contribution < 1.29 is 19.5 Å². The number of benzene rings is 2. The molecular formula is C24H30BrN3O4. The molecule has 2 heterocycles. The number of aliphatic hydroxyl groups is 1. The molecule has 1 aromatic heterocycles. The van der Waals surface area contributed by atoms with Crippen LogP contribution in [0, 0.1) is 0 Å². The molecule has 0 bridgehead atoms. The minimum absolute atomic E-state index is 0.514. The van der Waals surface area contributed by atoms with E-state index in [4.69, 9.17) is 9.57 Å². The molecular weight excluding hydrogens is 474 g/mol. The zero-order valence-corrected chi connectivity index (χ0v) is 20.3. The lowest BCUT2D eigenvalue weighted by Gasteiger charge is -2.34. The molecule has 1 fully saturated rings. The summed E-state index contributed by atoms with van der Waals surface area (Å²) in [4.78, 5) is 19.3. The first-order valence-corrected chi connectivity index (χ1v) is 11.7. The lowest BCUT2D eigenvalue weighted by atomic mass is 10.2. The Morgan fingerprint density at radius 3 is 2.44 bits per heavy atom. The van der Waals surface area contributed by atoms with E-state index in [0.717, 1.165) is 15.5 Å². The summed E-state index contributed by atoms with van der Waals surface area (Å²) in [6.07, 6.45) is -1.19. The molecule has 0 unspecified atom stereocenters. The molecule has 0 spiro atoms. The van der Waals surface area contributed by atoms with E-state index in [0.29, 0.717) is 39.3 Å². The van der Waals surface area contributed by atoms with Crippen LogP contribution in [0.2, 0.25) is 0 Å². The monoisotopic (exact) mass is 503 g/mol. The molecule has 8 heteroatoms. The van der Waals surface area contributed by atoms with Crippen molar-refractivity contribution in [2.24, 2.45) is 0 Å². The van der Waals surface area contributed by atoms with Gasteiger partial charge in [0.05, 0.1) is 12.6 Å². The van der Waals surface area contributed by atoms with Crippen LogP contribution >= 0.6 is 15.9 Å². The van der Waals surface area contributed by atoms with E-state index >= 15 is 0 Å². The fraction of sp³-hybridized carbons (Fsp3) is 0.458. The van der Waals surface area contributed by atoms with Gasteiger partial charge in [0.2, 0.25) is 0 Å². The van der Waals surface area contributed by atoms with Crippen molar-refractivity contribution in [1.29, 1.82) is 0 Å². The van der Waals surface area contributed by atoms with Gasteiger partial charge in [-0.25, -0.2) is 4.79 Å². The summed E-state index contributed by atoms with van der Waals surface area (Å²) < 4.78 is 8.45. The van der Waals surface area contributed by atoms with Gasteiger partial charge >= 0.3 is 6.16 Å². The van der Waals surface area contributed by atoms with Crippen LogP contribution in [0.3, 0.4) is 0 Å². The number of carbonyl (C=O) groups is 1. The Balaban J connectivity index is 1.36. The Morgan fingerprint density at radius 2 is 1.72 bits per heavy atom. The molecule has 172 valence electrons. The quantitative estimate of drug-likeness (QED) is 0.520. The molecule has 4 rings (SSSR count). The normalized spacial score (nSPS) is 17.0. The van der Waals surface area contributed by atoms with Crippen LogP contribution in [-0.4, -0.2) is 70.2 Å². The molecule has 0 aliphatic carbocycles. The Labute approximate surface area is 196 Å². The van der Waals surface area contributed by atoms with Gasteiger partial charge in [-0.2, -0.15) is 0 Å². The summed E-state index contributed by atoms with van der Waals surface area (Å²) in [6, 6.07) is 14.6. The number of para-hydroxylation sites is 1. The Bertz CT molecular complexity index is 1100. The number of β-amino-alcohol motifs (C(OH)–C–C–N with tert-alkyl or cyclic N) is 1. The number of fused-ring (bicyclic) bond motifs is 3. The fourth-order valence-corrected chi connectivity index (χ4v) is 4.53. The van der Waals surface area contributed by atoms with Gasteiger partial charge in [0.1, 0.15) is 5.60 Å². The van der Waals surface area contributed by atoms with Crippen molar-refractivity contribution in [3.63, 3.8) is 0 Å². The molecule has 1 aliphatic heterocycles. The highest BCUT2D eigenvalue weighted by atomic mass is 79.9. The van der Waals surface area contributed by atoms with Crippen LogP contribution in [0.5, 0.6) is 0 Å². The summed E-state index contributed by atoms with van der Waals surface area (Å²) in [6.45, 7) is 9.08. The first kappa shape index (κ1) is 23.0. The topological polar surface area (TPSA) is 67.2 Å². The van der Waals surface area contributed by atoms with Crippen molar-refractivity contribution in [1.82, 2.24) is 14.5 Å². The molecule has 1 atom stereocenters. The maximum atomic E-state index is 11.9. The Morgan fingerprint density at radius 1 is 1.03 bits per heavy atom. The number of rotatable bonds is 5. The van der Waals surface area contributed by atoms with Crippen LogP contribution in [0.1, 0.15) is 20.8 Å². The third-order valence-electron chi connectivity index (χ3n) is 5.52. The molecule has 1 N–H and O–H groups in total. The molecule has 7 nitrogen and oxygen atoms in total. The van der Waals surface area contributed by atoms with Crippen molar-refractivity contribution in [2.45, 2.75) is 39.0 Å². The van der Waals surface area contributed by atoms with Gasteiger partial charge < -0.3 is 19.2 Å². The van der Waals surface area contributed by atoms with Gasteiger partial charge in [0, 0.05) is 59.0 Å². The highest BCUT2D eigenvalue weighted by Crippen LogP contribution is 2.31. The molecule has 0 amide bonds. The number of aliphatic hydroxyl groups excluding tert-OH is 1. The number of hydrogen-bond acceptors (Lipinski definition) is 6. The molecule has 1 saturated heterocycles. The first-order chi connectivity index (χ1) is 15.2. The number of hydroxylamine groups is 2. The standard InChI is InChI=1S/C24H30BrN3O4/c1-24(2,3)31-23(30)32-27-12-10-26(11-13-27)15-18(29)16-28-21-7-5-4-6-19(21)20-14-17(25)8-9-22(20)28/h4-9,14,18,29H,10-13,15-16H2,1-3H3/t18-/m1/s1. The van der Waals surface area contributed by atoms with Gasteiger partial charge in [-0.3, -0.25) is 4.90 Å². The average Bonchev–Trinajstić information content (AvgIpc) is 3.01. The first-order valence-electron chi connectivity index (χ1n) is 10.9. The predicted octanol–water partition coefficient (Wildman–Crippen LogP) is 4.40. The van der Waals surface area contributed by atoms with Gasteiger partial charge in [0.25, 0.3) is 0 Å². The summed E-state index contributed by atoms with van der Waals surface area (Å²) in [5.41, 5.74) is 1.66. The maximum Gasteiger partial charge on any atom is 0.528 e. The van der Waals surface area contributed by atoms with Gasteiger partial charge in [-0.05, 0) is 45.0 Å². The zero-order chi connectivity index (χ0) is 22.9. The van der Waals surface area contributed by atoms with Crippen LogP contribution in [0.15, 0.2) is 46.9 Å². The third-order valence-corrected chi connectivity index (χ3v) is 6.01. The summed E-state index contributed by atoms with van der Waals surface area (Å²) in [5.74, 6) is 0. The Kier molecular flexibility index (Phi) is 6.76. The summed E-state index contributed by atoms with van der Waals surface area (Å²) in [5, 5.41) is 14.9. The number of hydrogen-bond donors (Lipinski definition) is 1. The van der Waals surface area contributed by atoms with Crippen LogP contribution < -0.4 is 0 Å². The van der Waals surface area contributed by atoms with E-state index in [9.17, 15) is 9.90 Å². The second-order valence-corrected chi connectivity index (χ2v) is 10.1. The van der Waals surface area contributed by atoms with E-state index in [-0.39, 0.29) is 0 Å². The van der Waals surface area contributed by atoms with Crippen LogP contribution in [-0.2, 0) is 16.1 Å². The lowest BCUT2D eigenvalue weighted by molar-refractivity contribution is -0.159. The Hall–Kier alpha value is -2.13. The number of carbonyl (C=O) groups excluding carboxylic acids is 1. The van der Waals surface area contributed by atoms with Gasteiger partial charge in [0.15, 0.2) is 0 Å². The van der Waals surface area contributed by atoms with E-state index in [1.165, 1.54) is 10.8 Å². The van der Waals surface area contributed by atoms with Gasteiger partial charge in [-0.1, -0.05) is 34.1 Å². The molecule has 2 aromatic carbocycles. The number of aromatic nitrogens is 1. The van der Waals surface area contributed by atoms with Crippen molar-refractivity contribution in [3.8, 4) is 0 Å². The number of nitrogens with zero attached hydrogens (tertiary/aromatic N) is 3. The molecule has 3 aromatic rings. The zero-order valence-electron chi connectivity index (χ0n) is 18.8. The van der Waals surface area contributed by atoms with Crippen molar-refractivity contribution in [3.05, 3.63) is 46.9 Å². The molecule has 1 aliphatic rings. The second kappa shape index (κ2) is 9.39. The van der Waals surface area contributed by atoms with E-state index < -0.39 is 17.9 Å². The number of piperazine rings is 1.